The average molecular weight is 262 g/mol. The third-order valence-electron chi connectivity index (χ3n) is 2.94. The van der Waals surface area contributed by atoms with E-state index in [-0.39, 0.29) is 0 Å². The molecule has 0 bridgehead atoms. The van der Waals surface area contributed by atoms with Crippen LogP contribution in [0.3, 0.4) is 0 Å². The first-order valence-corrected chi connectivity index (χ1v) is 6.60. The van der Waals surface area contributed by atoms with Crippen LogP contribution in [0.25, 0.3) is 0 Å². The van der Waals surface area contributed by atoms with E-state index in [1.807, 2.05) is 24.3 Å². The van der Waals surface area contributed by atoms with Gasteiger partial charge in [-0.1, -0.05) is 19.1 Å². The van der Waals surface area contributed by atoms with Crippen molar-refractivity contribution < 1.29 is 9.47 Å². The van der Waals surface area contributed by atoms with E-state index in [1.165, 1.54) is 0 Å². The molecule has 104 valence electrons. The fourth-order valence-corrected chi connectivity index (χ4v) is 1.74. The Morgan fingerprint density at radius 2 is 1.84 bits per heavy atom. The zero-order valence-electron chi connectivity index (χ0n) is 11.8. The minimum absolute atomic E-state index is 0.445. The summed E-state index contributed by atoms with van der Waals surface area (Å²) in [6.45, 7) is 6.35. The van der Waals surface area contributed by atoms with Gasteiger partial charge in [-0.2, -0.15) is 5.26 Å². The lowest BCUT2D eigenvalue weighted by atomic mass is 10.2. The van der Waals surface area contributed by atoms with Gasteiger partial charge in [0, 0.05) is 20.2 Å². The van der Waals surface area contributed by atoms with E-state index >= 15 is 0 Å². The summed E-state index contributed by atoms with van der Waals surface area (Å²) in [6.07, 6.45) is 0.445. The largest absolute Gasteiger partial charge is 0.492 e. The maximum atomic E-state index is 8.59. The number of rotatable bonds is 9. The van der Waals surface area contributed by atoms with Crippen LogP contribution in [0.15, 0.2) is 24.3 Å². The first-order chi connectivity index (χ1) is 9.30. The summed E-state index contributed by atoms with van der Waals surface area (Å²) in [5.74, 6) is 0.851. The van der Waals surface area contributed by atoms with Gasteiger partial charge in [-0.05, 0) is 24.2 Å². The Kier molecular flexibility index (Phi) is 7.64. The molecular formula is C15H22N2O2. The molecule has 0 atom stereocenters. The van der Waals surface area contributed by atoms with Gasteiger partial charge in [0.25, 0.3) is 0 Å². The first kappa shape index (κ1) is 15.5. The van der Waals surface area contributed by atoms with Crippen molar-refractivity contribution in [3.05, 3.63) is 29.8 Å². The van der Waals surface area contributed by atoms with E-state index in [4.69, 9.17) is 14.7 Å². The normalized spacial score (nSPS) is 10.4. The summed E-state index contributed by atoms with van der Waals surface area (Å²) < 4.78 is 10.8. The highest BCUT2D eigenvalue weighted by Crippen LogP contribution is 2.12. The number of methoxy groups -OCH3 is 1. The standard InChI is InChI=1S/C15H22N2O2/c1-3-17(10-12-18-2)11-13-19-15-6-4-14(5-7-15)8-9-16/h4-7H,3,8,10-13H2,1-2H3. The molecule has 0 heterocycles. The Hall–Kier alpha value is -1.57. The van der Waals surface area contributed by atoms with E-state index in [1.54, 1.807) is 7.11 Å². The molecule has 0 saturated carbocycles. The summed E-state index contributed by atoms with van der Waals surface area (Å²) >= 11 is 0. The average Bonchev–Trinajstić information content (AvgIpc) is 2.44. The maximum absolute atomic E-state index is 8.59. The van der Waals surface area contributed by atoms with Gasteiger partial charge in [0.2, 0.25) is 0 Å². The fourth-order valence-electron chi connectivity index (χ4n) is 1.74. The molecular weight excluding hydrogens is 240 g/mol. The van der Waals surface area contributed by atoms with Crippen molar-refractivity contribution >= 4 is 0 Å². The summed E-state index contributed by atoms with van der Waals surface area (Å²) in [7, 11) is 1.72. The van der Waals surface area contributed by atoms with E-state index in [2.05, 4.69) is 17.9 Å². The van der Waals surface area contributed by atoms with Gasteiger partial charge in [0.15, 0.2) is 0 Å². The molecule has 19 heavy (non-hydrogen) atoms. The molecule has 1 aromatic rings. The zero-order valence-corrected chi connectivity index (χ0v) is 11.8. The van der Waals surface area contributed by atoms with Crippen molar-refractivity contribution in [3.63, 3.8) is 0 Å². The molecule has 4 nitrogen and oxygen atoms in total. The Labute approximate surface area is 115 Å². The van der Waals surface area contributed by atoms with Crippen LogP contribution in [0.4, 0.5) is 0 Å². The van der Waals surface area contributed by atoms with Gasteiger partial charge in [0.05, 0.1) is 19.1 Å². The minimum Gasteiger partial charge on any atom is -0.492 e. The summed E-state index contributed by atoms with van der Waals surface area (Å²) in [4.78, 5) is 2.29. The Balaban J connectivity index is 2.29. The molecule has 0 radical (unpaired) electrons. The van der Waals surface area contributed by atoms with Crippen molar-refractivity contribution in [1.82, 2.24) is 4.90 Å². The van der Waals surface area contributed by atoms with Gasteiger partial charge < -0.3 is 9.47 Å². The third kappa shape index (κ3) is 6.23. The molecule has 1 aromatic carbocycles. The number of hydrogen-bond acceptors (Lipinski definition) is 4. The fraction of sp³-hybridized carbons (Fsp3) is 0.533. The van der Waals surface area contributed by atoms with E-state index in [0.29, 0.717) is 13.0 Å². The van der Waals surface area contributed by atoms with Crippen LogP contribution in [0.5, 0.6) is 5.75 Å². The van der Waals surface area contributed by atoms with Gasteiger partial charge >= 0.3 is 0 Å². The van der Waals surface area contributed by atoms with Crippen molar-refractivity contribution in [3.8, 4) is 11.8 Å². The second kappa shape index (κ2) is 9.37. The van der Waals surface area contributed by atoms with Crippen LogP contribution in [0, 0.1) is 11.3 Å². The van der Waals surface area contributed by atoms with Crippen LogP contribution in [0.1, 0.15) is 12.5 Å². The van der Waals surface area contributed by atoms with Crippen LogP contribution in [-0.2, 0) is 11.2 Å². The molecule has 0 aliphatic carbocycles. The summed E-state index contributed by atoms with van der Waals surface area (Å²) in [5.41, 5.74) is 1.02. The molecule has 0 fully saturated rings. The van der Waals surface area contributed by atoms with Gasteiger partial charge in [-0.25, -0.2) is 0 Å². The lowest BCUT2D eigenvalue weighted by Gasteiger charge is -2.19. The molecule has 0 aliphatic heterocycles. The summed E-state index contributed by atoms with van der Waals surface area (Å²) in [6, 6.07) is 9.82. The Morgan fingerprint density at radius 1 is 1.16 bits per heavy atom. The number of nitrogens with zero attached hydrogens (tertiary/aromatic N) is 2. The van der Waals surface area contributed by atoms with Crippen LogP contribution in [-0.4, -0.2) is 44.9 Å². The van der Waals surface area contributed by atoms with Crippen molar-refractivity contribution in [2.24, 2.45) is 0 Å². The number of hydrogen-bond donors (Lipinski definition) is 0. The molecule has 0 N–H and O–H groups in total. The third-order valence-corrected chi connectivity index (χ3v) is 2.94. The maximum Gasteiger partial charge on any atom is 0.119 e. The van der Waals surface area contributed by atoms with Crippen molar-refractivity contribution in [2.45, 2.75) is 13.3 Å². The molecule has 0 aromatic heterocycles. The van der Waals surface area contributed by atoms with Crippen LogP contribution >= 0.6 is 0 Å². The SMILES string of the molecule is CCN(CCOC)CCOc1ccc(CC#N)cc1. The molecule has 0 saturated heterocycles. The van der Waals surface area contributed by atoms with E-state index in [0.717, 1.165) is 37.6 Å². The lowest BCUT2D eigenvalue weighted by molar-refractivity contribution is 0.138. The van der Waals surface area contributed by atoms with E-state index in [9.17, 15) is 0 Å². The Bertz CT molecular complexity index is 384. The number of benzene rings is 1. The molecule has 1 rings (SSSR count). The van der Waals surface area contributed by atoms with Gasteiger partial charge in [-0.3, -0.25) is 4.90 Å². The monoisotopic (exact) mass is 262 g/mol. The molecule has 0 spiro atoms. The zero-order chi connectivity index (χ0) is 13.9. The molecule has 0 aliphatic rings. The molecule has 0 amide bonds. The predicted molar refractivity (Wildman–Crippen MR) is 75.2 cm³/mol. The highest BCUT2D eigenvalue weighted by molar-refractivity contribution is 5.28. The van der Waals surface area contributed by atoms with Crippen molar-refractivity contribution in [1.29, 1.82) is 5.26 Å². The van der Waals surface area contributed by atoms with Gasteiger partial charge in [0.1, 0.15) is 12.4 Å². The van der Waals surface area contributed by atoms with Crippen molar-refractivity contribution in [2.75, 3.05) is 40.0 Å². The van der Waals surface area contributed by atoms with Crippen LogP contribution in [0.2, 0.25) is 0 Å². The second-order valence-electron chi connectivity index (χ2n) is 4.25. The highest BCUT2D eigenvalue weighted by atomic mass is 16.5. The second-order valence-corrected chi connectivity index (χ2v) is 4.25. The van der Waals surface area contributed by atoms with E-state index < -0.39 is 0 Å². The minimum atomic E-state index is 0.445. The molecule has 4 heteroatoms. The summed E-state index contributed by atoms with van der Waals surface area (Å²) in [5, 5.41) is 8.59. The quantitative estimate of drug-likeness (QED) is 0.683. The Morgan fingerprint density at radius 3 is 2.42 bits per heavy atom. The molecule has 0 unspecified atom stereocenters. The topological polar surface area (TPSA) is 45.5 Å². The number of nitriles is 1. The van der Waals surface area contributed by atoms with Gasteiger partial charge in [-0.15, -0.1) is 0 Å². The lowest BCUT2D eigenvalue weighted by Crippen LogP contribution is -2.31. The smallest absolute Gasteiger partial charge is 0.119 e. The van der Waals surface area contributed by atoms with Crippen LogP contribution < -0.4 is 4.74 Å². The number of likely N-dealkylation sites (N-methyl/N-ethyl adjacent to an activating group) is 1. The highest BCUT2D eigenvalue weighted by Gasteiger charge is 2.02. The first-order valence-electron chi connectivity index (χ1n) is 6.60. The predicted octanol–water partition coefficient (Wildman–Crippen LogP) is 2.10. The number of ether oxygens (including phenoxy) is 2.